The molecule has 19 heavy (non-hydrogen) atoms. The molecule has 1 fully saturated rings. The number of hydrogen-bond donors (Lipinski definition) is 2. The molecular weight excluding hydrogens is 238 g/mol. The van der Waals surface area contributed by atoms with Gasteiger partial charge in [0, 0.05) is 24.2 Å². The van der Waals surface area contributed by atoms with E-state index in [1.54, 1.807) is 0 Å². The first-order valence-corrected chi connectivity index (χ1v) is 6.56. The van der Waals surface area contributed by atoms with Gasteiger partial charge in [0.25, 0.3) is 0 Å². The minimum atomic E-state index is 0.552. The molecule has 4 nitrogen and oxygen atoms in total. The van der Waals surface area contributed by atoms with Crippen LogP contribution in [0.5, 0.6) is 0 Å². The van der Waals surface area contributed by atoms with Gasteiger partial charge in [-0.25, -0.2) is 4.98 Å². The zero-order valence-corrected chi connectivity index (χ0v) is 10.5. The van der Waals surface area contributed by atoms with Crippen LogP contribution in [0.2, 0.25) is 0 Å². The first kappa shape index (κ1) is 10.8. The molecule has 1 aromatic carbocycles. The van der Waals surface area contributed by atoms with E-state index in [-0.39, 0.29) is 0 Å². The van der Waals surface area contributed by atoms with Gasteiger partial charge in [0.1, 0.15) is 5.82 Å². The van der Waals surface area contributed by atoms with Crippen LogP contribution >= 0.6 is 0 Å². The lowest BCUT2D eigenvalue weighted by Gasteiger charge is -2.27. The number of nitrogens with zero attached hydrogens (tertiary/aromatic N) is 1. The van der Waals surface area contributed by atoms with Gasteiger partial charge in [-0.2, -0.15) is 0 Å². The Labute approximate surface area is 111 Å². The van der Waals surface area contributed by atoms with Gasteiger partial charge in [0.2, 0.25) is 0 Å². The Hall–Kier alpha value is -2.07. The molecule has 0 atom stereocenters. The maximum absolute atomic E-state index is 5.26. The monoisotopic (exact) mass is 253 g/mol. The van der Waals surface area contributed by atoms with Gasteiger partial charge in [-0.1, -0.05) is 12.1 Å². The SMILES string of the molecule is c1cnc2c(c1)CNc1cc(C3COC3)ccc1N2. The summed E-state index contributed by atoms with van der Waals surface area (Å²) in [6.45, 7) is 2.48. The molecule has 2 aliphatic heterocycles. The number of benzene rings is 1. The maximum Gasteiger partial charge on any atom is 0.135 e. The van der Waals surface area contributed by atoms with E-state index in [1.165, 1.54) is 11.1 Å². The first-order chi connectivity index (χ1) is 9.40. The molecule has 4 rings (SSSR count). The van der Waals surface area contributed by atoms with Gasteiger partial charge >= 0.3 is 0 Å². The molecule has 2 aromatic rings. The van der Waals surface area contributed by atoms with Gasteiger partial charge in [-0.05, 0) is 23.8 Å². The van der Waals surface area contributed by atoms with E-state index in [0.717, 1.165) is 37.0 Å². The van der Waals surface area contributed by atoms with Crippen LogP contribution in [-0.4, -0.2) is 18.2 Å². The number of anilines is 3. The van der Waals surface area contributed by atoms with Gasteiger partial charge < -0.3 is 15.4 Å². The van der Waals surface area contributed by atoms with Crippen LogP contribution in [0.4, 0.5) is 17.2 Å². The number of aromatic nitrogens is 1. The number of hydrogen-bond acceptors (Lipinski definition) is 4. The second kappa shape index (κ2) is 4.24. The van der Waals surface area contributed by atoms with Gasteiger partial charge in [-0.15, -0.1) is 0 Å². The van der Waals surface area contributed by atoms with Crippen LogP contribution in [0, 0.1) is 0 Å². The van der Waals surface area contributed by atoms with Crippen molar-refractivity contribution < 1.29 is 4.74 Å². The minimum Gasteiger partial charge on any atom is -0.380 e. The smallest absolute Gasteiger partial charge is 0.135 e. The van der Waals surface area contributed by atoms with E-state index in [0.29, 0.717) is 5.92 Å². The molecule has 0 amide bonds. The molecule has 1 saturated heterocycles. The van der Waals surface area contributed by atoms with Gasteiger partial charge in [0.05, 0.1) is 24.6 Å². The van der Waals surface area contributed by atoms with Crippen LogP contribution < -0.4 is 10.6 Å². The lowest BCUT2D eigenvalue weighted by Crippen LogP contribution is -2.25. The van der Waals surface area contributed by atoms with Crippen molar-refractivity contribution in [1.29, 1.82) is 0 Å². The fraction of sp³-hybridized carbons (Fsp3) is 0.267. The van der Waals surface area contributed by atoms with Crippen molar-refractivity contribution in [2.75, 3.05) is 23.8 Å². The summed E-state index contributed by atoms with van der Waals surface area (Å²) < 4.78 is 5.26. The molecule has 4 heteroatoms. The number of rotatable bonds is 1. The highest BCUT2D eigenvalue weighted by molar-refractivity contribution is 5.77. The highest BCUT2D eigenvalue weighted by atomic mass is 16.5. The summed E-state index contributed by atoms with van der Waals surface area (Å²) in [6, 6.07) is 10.6. The topological polar surface area (TPSA) is 46.2 Å². The number of pyridine rings is 1. The molecule has 96 valence electrons. The molecule has 0 bridgehead atoms. The third-order valence-electron chi connectivity index (χ3n) is 3.77. The summed E-state index contributed by atoms with van der Waals surface area (Å²) >= 11 is 0. The number of ether oxygens (including phenoxy) is 1. The van der Waals surface area contributed by atoms with E-state index < -0.39 is 0 Å². The standard InChI is InChI=1S/C15H15N3O/c1-2-11-7-17-14-6-10(12-8-19-9-12)3-4-13(14)18-15(11)16-5-1/h1-6,12,17H,7-9H2,(H,16,18). The Bertz CT molecular complexity index is 623. The van der Waals surface area contributed by atoms with E-state index in [1.807, 2.05) is 12.3 Å². The zero-order chi connectivity index (χ0) is 12.7. The molecule has 0 aliphatic carbocycles. The highest BCUT2D eigenvalue weighted by Crippen LogP contribution is 2.34. The Morgan fingerprint density at radius 2 is 2.11 bits per heavy atom. The van der Waals surface area contributed by atoms with Crippen LogP contribution in [0.1, 0.15) is 17.0 Å². The summed E-state index contributed by atoms with van der Waals surface area (Å²) in [7, 11) is 0. The van der Waals surface area contributed by atoms with E-state index >= 15 is 0 Å². The Morgan fingerprint density at radius 3 is 2.95 bits per heavy atom. The second-order valence-corrected chi connectivity index (χ2v) is 5.03. The third-order valence-corrected chi connectivity index (χ3v) is 3.77. The van der Waals surface area contributed by atoms with Crippen molar-refractivity contribution in [2.24, 2.45) is 0 Å². The van der Waals surface area contributed by atoms with Gasteiger partial charge in [-0.3, -0.25) is 0 Å². The summed E-state index contributed by atoms with van der Waals surface area (Å²) in [6.07, 6.45) is 1.82. The second-order valence-electron chi connectivity index (χ2n) is 5.03. The number of nitrogens with one attached hydrogen (secondary N) is 2. The quantitative estimate of drug-likeness (QED) is 0.820. The first-order valence-electron chi connectivity index (χ1n) is 6.56. The fourth-order valence-corrected chi connectivity index (χ4v) is 2.51. The van der Waals surface area contributed by atoms with Crippen LogP contribution in [0.15, 0.2) is 36.5 Å². The van der Waals surface area contributed by atoms with Crippen molar-refractivity contribution in [3.8, 4) is 0 Å². The molecule has 2 aliphatic rings. The van der Waals surface area contributed by atoms with Crippen molar-refractivity contribution >= 4 is 17.2 Å². The predicted octanol–water partition coefficient (Wildman–Crippen LogP) is 2.86. The van der Waals surface area contributed by atoms with Crippen molar-refractivity contribution in [1.82, 2.24) is 4.98 Å². The summed E-state index contributed by atoms with van der Waals surface area (Å²) in [5.41, 5.74) is 4.76. The van der Waals surface area contributed by atoms with E-state index in [2.05, 4.69) is 39.9 Å². The normalized spacial score (nSPS) is 17.3. The fourth-order valence-electron chi connectivity index (χ4n) is 2.51. The van der Waals surface area contributed by atoms with Crippen LogP contribution in [0.25, 0.3) is 0 Å². The molecular formula is C15H15N3O. The van der Waals surface area contributed by atoms with E-state index in [9.17, 15) is 0 Å². The highest BCUT2D eigenvalue weighted by Gasteiger charge is 2.22. The zero-order valence-electron chi connectivity index (χ0n) is 10.5. The van der Waals surface area contributed by atoms with Crippen molar-refractivity contribution in [3.05, 3.63) is 47.7 Å². The molecule has 0 radical (unpaired) electrons. The van der Waals surface area contributed by atoms with Crippen LogP contribution in [0.3, 0.4) is 0 Å². The minimum absolute atomic E-state index is 0.552. The molecule has 1 aromatic heterocycles. The third kappa shape index (κ3) is 1.85. The summed E-state index contributed by atoms with van der Waals surface area (Å²) in [5, 5.41) is 6.88. The molecule has 3 heterocycles. The van der Waals surface area contributed by atoms with E-state index in [4.69, 9.17) is 4.74 Å². The van der Waals surface area contributed by atoms with Crippen molar-refractivity contribution in [3.63, 3.8) is 0 Å². The maximum atomic E-state index is 5.26. The molecule has 0 spiro atoms. The molecule has 0 saturated carbocycles. The van der Waals surface area contributed by atoms with Crippen molar-refractivity contribution in [2.45, 2.75) is 12.5 Å². The summed E-state index contributed by atoms with van der Waals surface area (Å²) in [5.74, 6) is 1.49. The average Bonchev–Trinajstić information content (AvgIpc) is 2.56. The Kier molecular flexibility index (Phi) is 2.42. The lowest BCUT2D eigenvalue weighted by molar-refractivity contribution is 0.00845. The largest absolute Gasteiger partial charge is 0.380 e. The number of fused-ring (bicyclic) bond motifs is 2. The Morgan fingerprint density at radius 1 is 1.16 bits per heavy atom. The Balaban J connectivity index is 1.70. The van der Waals surface area contributed by atoms with Crippen LogP contribution in [-0.2, 0) is 11.3 Å². The predicted molar refractivity (Wildman–Crippen MR) is 74.8 cm³/mol. The lowest BCUT2D eigenvalue weighted by atomic mass is 9.97. The van der Waals surface area contributed by atoms with Gasteiger partial charge in [0.15, 0.2) is 0 Å². The summed E-state index contributed by atoms with van der Waals surface area (Å²) in [4.78, 5) is 4.39. The molecule has 0 unspecified atom stereocenters. The molecule has 2 N–H and O–H groups in total. The average molecular weight is 253 g/mol.